The first kappa shape index (κ1) is 17.4. The van der Waals surface area contributed by atoms with Gasteiger partial charge >= 0.3 is 5.97 Å². The van der Waals surface area contributed by atoms with E-state index in [4.69, 9.17) is 5.11 Å². The van der Waals surface area contributed by atoms with Crippen molar-refractivity contribution in [3.05, 3.63) is 29.8 Å². The molecule has 1 amide bonds. The van der Waals surface area contributed by atoms with E-state index in [1.165, 1.54) is 24.3 Å². The molecule has 0 spiro atoms. The fourth-order valence-electron chi connectivity index (χ4n) is 1.72. The molecule has 0 heterocycles. The first-order valence-electron chi connectivity index (χ1n) is 6.38. The Bertz CT molecular complexity index is 491. The molecular weight excluding hydrogens is 300 g/mol. The number of carbonyl (C=O) groups is 2. The van der Waals surface area contributed by atoms with E-state index in [9.17, 15) is 18.4 Å². The van der Waals surface area contributed by atoms with Crippen molar-refractivity contribution >= 4 is 23.6 Å². The molecule has 7 heteroatoms. The lowest BCUT2D eigenvalue weighted by molar-refractivity contribution is -0.139. The fraction of sp³-hybridized carbons (Fsp3) is 0.429. The molecule has 0 aliphatic carbocycles. The SMILES string of the molecule is CC(C)C[C@H](NC(=O)c1ccc(SC(F)F)cc1)C(=O)O. The summed E-state index contributed by atoms with van der Waals surface area (Å²) in [6, 6.07) is 4.64. The zero-order valence-electron chi connectivity index (χ0n) is 11.7. The van der Waals surface area contributed by atoms with Gasteiger partial charge in [0.25, 0.3) is 11.7 Å². The van der Waals surface area contributed by atoms with Crippen molar-refractivity contribution in [1.29, 1.82) is 0 Å². The average Bonchev–Trinajstić information content (AvgIpc) is 2.37. The highest BCUT2D eigenvalue weighted by Gasteiger charge is 2.21. The summed E-state index contributed by atoms with van der Waals surface area (Å²) < 4.78 is 24.4. The minimum atomic E-state index is -2.52. The van der Waals surface area contributed by atoms with Crippen LogP contribution in [-0.2, 0) is 4.79 Å². The van der Waals surface area contributed by atoms with E-state index in [0.717, 1.165) is 0 Å². The van der Waals surface area contributed by atoms with Gasteiger partial charge in [-0.05, 0) is 36.6 Å². The van der Waals surface area contributed by atoms with Crippen molar-refractivity contribution in [2.45, 2.75) is 37.0 Å². The van der Waals surface area contributed by atoms with Crippen LogP contribution >= 0.6 is 11.8 Å². The molecule has 0 bridgehead atoms. The van der Waals surface area contributed by atoms with Crippen LogP contribution in [0.15, 0.2) is 29.2 Å². The number of benzene rings is 1. The van der Waals surface area contributed by atoms with Gasteiger partial charge in [0.2, 0.25) is 0 Å². The summed E-state index contributed by atoms with van der Waals surface area (Å²) in [7, 11) is 0. The Morgan fingerprint density at radius 3 is 2.24 bits per heavy atom. The second-order valence-electron chi connectivity index (χ2n) is 4.90. The third-order valence-corrected chi connectivity index (χ3v) is 3.37. The van der Waals surface area contributed by atoms with Gasteiger partial charge in [0.05, 0.1) is 0 Å². The van der Waals surface area contributed by atoms with E-state index < -0.39 is 23.7 Å². The number of rotatable bonds is 7. The van der Waals surface area contributed by atoms with Crippen molar-refractivity contribution in [1.82, 2.24) is 5.32 Å². The molecule has 0 radical (unpaired) electrons. The Hall–Kier alpha value is -1.63. The van der Waals surface area contributed by atoms with Crippen molar-refractivity contribution in [2.75, 3.05) is 0 Å². The van der Waals surface area contributed by atoms with Gasteiger partial charge in [-0.2, -0.15) is 8.78 Å². The predicted molar refractivity (Wildman–Crippen MR) is 76.6 cm³/mol. The average molecular weight is 317 g/mol. The Balaban J connectivity index is 2.71. The van der Waals surface area contributed by atoms with Crippen molar-refractivity contribution in [2.24, 2.45) is 5.92 Å². The smallest absolute Gasteiger partial charge is 0.326 e. The molecule has 1 rings (SSSR count). The topological polar surface area (TPSA) is 66.4 Å². The van der Waals surface area contributed by atoms with E-state index in [0.29, 0.717) is 23.1 Å². The molecule has 1 aromatic carbocycles. The maximum absolute atomic E-state index is 12.2. The third-order valence-electron chi connectivity index (χ3n) is 2.65. The van der Waals surface area contributed by atoms with Crippen LogP contribution in [0, 0.1) is 5.92 Å². The van der Waals surface area contributed by atoms with E-state index in [1.54, 1.807) is 0 Å². The predicted octanol–water partition coefficient (Wildman–Crippen LogP) is 3.23. The molecule has 1 atom stereocenters. The molecule has 0 fully saturated rings. The molecule has 116 valence electrons. The maximum atomic E-state index is 12.2. The molecule has 1 aromatic rings. The Labute approximate surface area is 125 Å². The van der Waals surface area contributed by atoms with E-state index in [1.807, 2.05) is 13.8 Å². The highest BCUT2D eigenvalue weighted by molar-refractivity contribution is 7.99. The zero-order chi connectivity index (χ0) is 16.0. The van der Waals surface area contributed by atoms with Crippen LogP contribution in [-0.4, -0.2) is 28.8 Å². The minimum absolute atomic E-state index is 0.121. The van der Waals surface area contributed by atoms with Crippen molar-refractivity contribution in [3.63, 3.8) is 0 Å². The summed E-state index contributed by atoms with van der Waals surface area (Å²) in [5.74, 6) is -4.03. The van der Waals surface area contributed by atoms with Gasteiger partial charge < -0.3 is 10.4 Å². The lowest BCUT2D eigenvalue weighted by Gasteiger charge is -2.16. The van der Waals surface area contributed by atoms with Crippen LogP contribution in [0.2, 0.25) is 0 Å². The fourth-order valence-corrected chi connectivity index (χ4v) is 2.22. The van der Waals surface area contributed by atoms with Crippen LogP contribution < -0.4 is 5.32 Å². The highest BCUT2D eigenvalue weighted by Crippen LogP contribution is 2.25. The molecule has 0 saturated heterocycles. The number of nitrogens with one attached hydrogen (secondary N) is 1. The Kier molecular flexibility index (Phi) is 6.61. The number of amides is 1. The van der Waals surface area contributed by atoms with E-state index in [-0.39, 0.29) is 11.5 Å². The lowest BCUT2D eigenvalue weighted by atomic mass is 10.0. The number of alkyl halides is 2. The molecule has 2 N–H and O–H groups in total. The van der Waals surface area contributed by atoms with Crippen LogP contribution in [0.3, 0.4) is 0 Å². The molecule has 21 heavy (non-hydrogen) atoms. The number of aliphatic carboxylic acids is 1. The molecule has 4 nitrogen and oxygen atoms in total. The number of carboxylic acid groups (broad SMARTS) is 1. The molecule has 0 aromatic heterocycles. The lowest BCUT2D eigenvalue weighted by Crippen LogP contribution is -2.41. The largest absolute Gasteiger partial charge is 0.480 e. The van der Waals surface area contributed by atoms with Gasteiger partial charge in [-0.3, -0.25) is 4.79 Å². The first-order valence-corrected chi connectivity index (χ1v) is 7.26. The third kappa shape index (κ3) is 6.12. The van der Waals surface area contributed by atoms with E-state index >= 15 is 0 Å². The summed E-state index contributed by atoms with van der Waals surface area (Å²) in [6.45, 7) is 3.72. The molecule has 0 aliphatic rings. The molecular formula is C14H17F2NO3S. The summed E-state index contributed by atoms with van der Waals surface area (Å²) in [5.41, 5.74) is 0.239. The number of hydrogen-bond acceptors (Lipinski definition) is 3. The summed E-state index contributed by atoms with van der Waals surface area (Å²) in [5, 5.41) is 11.5. The second-order valence-corrected chi connectivity index (χ2v) is 5.96. The zero-order valence-corrected chi connectivity index (χ0v) is 12.5. The van der Waals surface area contributed by atoms with Crippen LogP contribution in [0.1, 0.15) is 30.6 Å². The molecule has 0 aliphatic heterocycles. The van der Waals surface area contributed by atoms with Gasteiger partial charge in [-0.15, -0.1) is 0 Å². The normalized spacial score (nSPS) is 12.5. The number of hydrogen-bond donors (Lipinski definition) is 2. The minimum Gasteiger partial charge on any atom is -0.480 e. The number of carbonyl (C=O) groups excluding carboxylic acids is 1. The molecule has 0 saturated carbocycles. The second kappa shape index (κ2) is 7.97. The van der Waals surface area contributed by atoms with Gasteiger partial charge in [0, 0.05) is 10.5 Å². The first-order chi connectivity index (χ1) is 9.79. The van der Waals surface area contributed by atoms with Gasteiger partial charge in [0.1, 0.15) is 6.04 Å². The van der Waals surface area contributed by atoms with Crippen LogP contribution in [0.25, 0.3) is 0 Å². The van der Waals surface area contributed by atoms with E-state index in [2.05, 4.69) is 5.32 Å². The van der Waals surface area contributed by atoms with Crippen LogP contribution in [0.5, 0.6) is 0 Å². The summed E-state index contributed by atoms with van der Waals surface area (Å²) in [6.07, 6.45) is 0.320. The molecule has 0 unspecified atom stereocenters. The Morgan fingerprint density at radius 1 is 1.24 bits per heavy atom. The highest BCUT2D eigenvalue weighted by atomic mass is 32.2. The van der Waals surface area contributed by atoms with Crippen LogP contribution in [0.4, 0.5) is 8.78 Å². The maximum Gasteiger partial charge on any atom is 0.326 e. The monoisotopic (exact) mass is 317 g/mol. The van der Waals surface area contributed by atoms with Gasteiger partial charge in [-0.25, -0.2) is 4.79 Å². The van der Waals surface area contributed by atoms with Crippen molar-refractivity contribution < 1.29 is 23.5 Å². The van der Waals surface area contributed by atoms with Crippen molar-refractivity contribution in [3.8, 4) is 0 Å². The van der Waals surface area contributed by atoms with Gasteiger partial charge in [-0.1, -0.05) is 25.6 Å². The number of thioether (sulfide) groups is 1. The quantitative estimate of drug-likeness (QED) is 0.758. The summed E-state index contributed by atoms with van der Waals surface area (Å²) >= 11 is 0.387. The number of carboxylic acids is 1. The summed E-state index contributed by atoms with van der Waals surface area (Å²) in [4.78, 5) is 23.4. The Morgan fingerprint density at radius 2 is 1.81 bits per heavy atom. The standard InChI is InChI=1S/C14H17F2NO3S/c1-8(2)7-11(13(19)20)17-12(18)9-3-5-10(6-4-9)21-14(15)16/h3-6,8,11,14H,7H2,1-2H3,(H,17,18)(H,19,20)/t11-/m0/s1. The van der Waals surface area contributed by atoms with Gasteiger partial charge in [0.15, 0.2) is 0 Å². The number of halogens is 2.